The SMILES string of the molecule is Cc1nc(NC(=O)CCC(=O)c2cccs2)sc1CN1CCC(C)CC1. The number of anilines is 1. The normalized spacial score (nSPS) is 15.9. The maximum Gasteiger partial charge on any atom is 0.226 e. The van der Waals surface area contributed by atoms with E-state index in [9.17, 15) is 9.59 Å². The number of amides is 1. The van der Waals surface area contributed by atoms with Gasteiger partial charge in [0.25, 0.3) is 0 Å². The van der Waals surface area contributed by atoms with Crippen molar-refractivity contribution in [2.45, 2.75) is 46.1 Å². The number of likely N-dealkylation sites (tertiary alicyclic amines) is 1. The molecule has 0 bridgehead atoms. The van der Waals surface area contributed by atoms with Gasteiger partial charge in [-0.25, -0.2) is 4.98 Å². The lowest BCUT2D eigenvalue weighted by atomic mass is 9.99. The smallest absolute Gasteiger partial charge is 0.226 e. The van der Waals surface area contributed by atoms with Gasteiger partial charge in [-0.2, -0.15) is 0 Å². The maximum atomic E-state index is 12.1. The van der Waals surface area contributed by atoms with Crippen molar-refractivity contribution in [2.75, 3.05) is 18.4 Å². The second-order valence-electron chi connectivity index (χ2n) is 6.93. The highest BCUT2D eigenvalue weighted by Gasteiger charge is 2.19. The van der Waals surface area contributed by atoms with Gasteiger partial charge < -0.3 is 5.32 Å². The number of carbonyl (C=O) groups excluding carboxylic acids is 2. The predicted molar refractivity (Wildman–Crippen MR) is 107 cm³/mol. The molecular formula is C19H25N3O2S2. The van der Waals surface area contributed by atoms with Crippen LogP contribution < -0.4 is 5.32 Å². The second kappa shape index (κ2) is 8.88. The summed E-state index contributed by atoms with van der Waals surface area (Å²) in [6, 6.07) is 3.64. The van der Waals surface area contributed by atoms with E-state index in [1.54, 1.807) is 17.4 Å². The highest BCUT2D eigenvalue weighted by molar-refractivity contribution is 7.15. The monoisotopic (exact) mass is 391 g/mol. The van der Waals surface area contributed by atoms with E-state index in [4.69, 9.17) is 0 Å². The van der Waals surface area contributed by atoms with Crippen LogP contribution in [0.3, 0.4) is 0 Å². The van der Waals surface area contributed by atoms with Crippen LogP contribution in [0.4, 0.5) is 5.13 Å². The van der Waals surface area contributed by atoms with Crippen molar-refractivity contribution in [1.82, 2.24) is 9.88 Å². The van der Waals surface area contributed by atoms with Crippen molar-refractivity contribution >= 4 is 39.5 Å². The van der Waals surface area contributed by atoms with Gasteiger partial charge in [-0.05, 0) is 50.2 Å². The Bertz CT molecular complexity index is 747. The van der Waals surface area contributed by atoms with E-state index in [1.807, 2.05) is 18.4 Å². The molecule has 1 aliphatic heterocycles. The second-order valence-corrected chi connectivity index (χ2v) is 8.97. The van der Waals surface area contributed by atoms with Gasteiger partial charge in [0, 0.05) is 24.3 Å². The number of ketones is 1. The lowest BCUT2D eigenvalue weighted by Gasteiger charge is -2.29. The number of rotatable bonds is 7. The van der Waals surface area contributed by atoms with E-state index in [0.29, 0.717) is 10.0 Å². The zero-order valence-electron chi connectivity index (χ0n) is 15.3. The summed E-state index contributed by atoms with van der Waals surface area (Å²) in [4.78, 5) is 33.0. The van der Waals surface area contributed by atoms with Crippen molar-refractivity contribution in [2.24, 2.45) is 5.92 Å². The molecule has 0 aromatic carbocycles. The van der Waals surface area contributed by atoms with E-state index < -0.39 is 0 Å². The number of hydrogen-bond donors (Lipinski definition) is 1. The number of hydrogen-bond acceptors (Lipinski definition) is 6. The van der Waals surface area contributed by atoms with E-state index in [0.717, 1.165) is 31.2 Å². The first kappa shape index (κ1) is 19.2. The van der Waals surface area contributed by atoms with Crippen molar-refractivity contribution in [3.8, 4) is 0 Å². The van der Waals surface area contributed by atoms with E-state index in [2.05, 4.69) is 22.1 Å². The van der Waals surface area contributed by atoms with Crippen LogP contribution in [0.2, 0.25) is 0 Å². The minimum absolute atomic E-state index is 0.0190. The standard InChI is InChI=1S/C19H25N3O2S2/c1-13-7-9-22(10-8-13)12-17-14(2)20-19(26-17)21-18(24)6-5-15(23)16-4-3-11-25-16/h3-4,11,13H,5-10,12H2,1-2H3,(H,20,21,24). The van der Waals surface area contributed by atoms with Crippen molar-refractivity contribution in [1.29, 1.82) is 0 Å². The van der Waals surface area contributed by atoms with Crippen molar-refractivity contribution in [3.63, 3.8) is 0 Å². The Kier molecular flexibility index (Phi) is 6.56. The molecule has 7 heteroatoms. The molecule has 3 rings (SSSR count). The van der Waals surface area contributed by atoms with Gasteiger partial charge in [0.15, 0.2) is 10.9 Å². The molecule has 3 heterocycles. The molecule has 0 unspecified atom stereocenters. The molecule has 140 valence electrons. The first-order valence-electron chi connectivity index (χ1n) is 9.06. The predicted octanol–water partition coefficient (Wildman–Crippen LogP) is 4.35. The summed E-state index contributed by atoms with van der Waals surface area (Å²) in [6.45, 7) is 7.47. The van der Waals surface area contributed by atoms with E-state index in [-0.39, 0.29) is 24.5 Å². The van der Waals surface area contributed by atoms with Gasteiger partial charge in [-0.15, -0.1) is 22.7 Å². The summed E-state index contributed by atoms with van der Waals surface area (Å²) >= 11 is 2.96. The molecule has 2 aromatic heterocycles. The van der Waals surface area contributed by atoms with E-state index in [1.165, 1.54) is 29.1 Å². The largest absolute Gasteiger partial charge is 0.302 e. The lowest BCUT2D eigenvalue weighted by molar-refractivity contribution is -0.116. The Balaban J connectivity index is 1.48. The highest BCUT2D eigenvalue weighted by Crippen LogP contribution is 2.26. The van der Waals surface area contributed by atoms with Gasteiger partial charge >= 0.3 is 0 Å². The number of carbonyl (C=O) groups is 2. The van der Waals surface area contributed by atoms with Gasteiger partial charge in [0.2, 0.25) is 5.91 Å². The molecule has 1 amide bonds. The fraction of sp³-hybridized carbons (Fsp3) is 0.526. The van der Waals surface area contributed by atoms with E-state index >= 15 is 0 Å². The summed E-state index contributed by atoms with van der Waals surface area (Å²) in [7, 11) is 0. The minimum Gasteiger partial charge on any atom is -0.302 e. The molecule has 1 aliphatic rings. The van der Waals surface area contributed by atoms with Crippen LogP contribution in [-0.2, 0) is 11.3 Å². The number of aromatic nitrogens is 1. The topological polar surface area (TPSA) is 62.3 Å². The third-order valence-corrected chi connectivity index (χ3v) is 6.73. The average molecular weight is 392 g/mol. The van der Waals surface area contributed by atoms with Crippen LogP contribution in [0.5, 0.6) is 0 Å². The average Bonchev–Trinajstić information content (AvgIpc) is 3.25. The number of nitrogens with one attached hydrogen (secondary N) is 1. The molecule has 2 aromatic rings. The summed E-state index contributed by atoms with van der Waals surface area (Å²) < 4.78 is 0. The first-order chi connectivity index (χ1) is 12.5. The van der Waals surface area contributed by atoms with Crippen molar-refractivity contribution < 1.29 is 9.59 Å². The highest BCUT2D eigenvalue weighted by atomic mass is 32.1. The number of nitrogens with zero attached hydrogens (tertiary/aromatic N) is 2. The zero-order chi connectivity index (χ0) is 18.5. The molecule has 0 spiro atoms. The fourth-order valence-corrected chi connectivity index (χ4v) is 4.74. The van der Waals surface area contributed by atoms with Crippen LogP contribution >= 0.6 is 22.7 Å². The molecule has 0 atom stereocenters. The van der Waals surface area contributed by atoms with Crippen LogP contribution in [0.15, 0.2) is 17.5 Å². The van der Waals surface area contributed by atoms with Crippen molar-refractivity contribution in [3.05, 3.63) is 33.0 Å². The van der Waals surface area contributed by atoms with Crippen LogP contribution in [0.25, 0.3) is 0 Å². The Morgan fingerprint density at radius 3 is 2.77 bits per heavy atom. The molecule has 26 heavy (non-hydrogen) atoms. The Morgan fingerprint density at radius 2 is 2.08 bits per heavy atom. The number of Topliss-reactive ketones (excluding diaryl/α,β-unsaturated/α-hetero) is 1. The number of piperidine rings is 1. The minimum atomic E-state index is -0.151. The zero-order valence-corrected chi connectivity index (χ0v) is 16.9. The molecule has 1 N–H and O–H groups in total. The summed E-state index contributed by atoms with van der Waals surface area (Å²) in [5.41, 5.74) is 0.985. The van der Waals surface area contributed by atoms with Crippen LogP contribution in [-0.4, -0.2) is 34.7 Å². The Labute approximate surface area is 162 Å². The summed E-state index contributed by atoms with van der Waals surface area (Å²) in [6.07, 6.45) is 2.92. The summed E-state index contributed by atoms with van der Waals surface area (Å²) in [5.74, 6) is 0.688. The van der Waals surface area contributed by atoms with Gasteiger partial charge in [-0.1, -0.05) is 13.0 Å². The van der Waals surface area contributed by atoms with Crippen LogP contribution in [0, 0.1) is 12.8 Å². The lowest BCUT2D eigenvalue weighted by Crippen LogP contribution is -2.32. The molecule has 1 saturated heterocycles. The van der Waals surface area contributed by atoms with Gasteiger partial charge in [-0.3, -0.25) is 14.5 Å². The number of aryl methyl sites for hydroxylation is 1. The molecule has 1 fully saturated rings. The van der Waals surface area contributed by atoms with Crippen LogP contribution in [0.1, 0.15) is 52.8 Å². The molecular weight excluding hydrogens is 366 g/mol. The molecule has 0 aliphatic carbocycles. The first-order valence-corrected chi connectivity index (χ1v) is 10.8. The fourth-order valence-electron chi connectivity index (χ4n) is 3.02. The van der Waals surface area contributed by atoms with Gasteiger partial charge in [0.1, 0.15) is 0 Å². The van der Waals surface area contributed by atoms with Gasteiger partial charge in [0.05, 0.1) is 10.6 Å². The molecule has 5 nitrogen and oxygen atoms in total. The Morgan fingerprint density at radius 1 is 1.31 bits per heavy atom. The maximum absolute atomic E-state index is 12.1. The third kappa shape index (κ3) is 5.22. The number of thiophene rings is 1. The molecule has 0 radical (unpaired) electrons. The Hall–Kier alpha value is -1.57. The quantitative estimate of drug-likeness (QED) is 0.713. The third-order valence-electron chi connectivity index (χ3n) is 4.76. The summed E-state index contributed by atoms with van der Waals surface area (Å²) in [5, 5.41) is 5.36. The number of thiazole rings is 1. The molecule has 0 saturated carbocycles.